The van der Waals surface area contributed by atoms with E-state index in [1.54, 1.807) is 26.4 Å². The number of amides is 2. The summed E-state index contributed by atoms with van der Waals surface area (Å²) < 4.78 is 0. The summed E-state index contributed by atoms with van der Waals surface area (Å²) in [4.78, 5) is 28.2. The molecule has 1 aromatic heterocycles. The Balaban J connectivity index is 2.61. The van der Waals surface area contributed by atoms with Gasteiger partial charge in [0.25, 0.3) is 0 Å². The summed E-state index contributed by atoms with van der Waals surface area (Å²) in [5.41, 5.74) is 0.982. The second kappa shape index (κ2) is 7.47. The molecule has 0 spiro atoms. The summed E-state index contributed by atoms with van der Waals surface area (Å²) in [7, 11) is 1.59. The minimum atomic E-state index is -0.911. The van der Waals surface area contributed by atoms with Gasteiger partial charge in [-0.05, 0) is 24.1 Å². The Bertz CT molecular complexity index is 450. The maximum Gasteiger partial charge on any atom is 0.317 e. The normalized spacial score (nSPS) is 13.3. The number of nitrogens with zero attached hydrogens (tertiary/aromatic N) is 2. The molecule has 0 saturated carbocycles. The smallest absolute Gasteiger partial charge is 0.317 e. The monoisotopic (exact) mass is 279 g/mol. The molecular formula is C14H21N3O3. The Morgan fingerprint density at radius 3 is 2.50 bits per heavy atom. The van der Waals surface area contributed by atoms with Crippen molar-refractivity contribution in [1.29, 1.82) is 0 Å². The summed E-state index contributed by atoms with van der Waals surface area (Å²) >= 11 is 0. The van der Waals surface area contributed by atoms with Crippen molar-refractivity contribution in [2.45, 2.75) is 26.3 Å². The summed E-state index contributed by atoms with van der Waals surface area (Å²) in [6.07, 6.45) is 4.11. The van der Waals surface area contributed by atoms with Crippen LogP contribution in [-0.4, -0.2) is 40.6 Å². The first kappa shape index (κ1) is 15.9. The average Bonchev–Trinajstić information content (AvgIpc) is 2.45. The van der Waals surface area contributed by atoms with E-state index in [9.17, 15) is 9.59 Å². The van der Waals surface area contributed by atoms with Gasteiger partial charge >= 0.3 is 12.0 Å². The number of hydrogen-bond acceptors (Lipinski definition) is 3. The number of pyridine rings is 1. The number of nitrogens with one attached hydrogen (secondary N) is 1. The van der Waals surface area contributed by atoms with Gasteiger partial charge in [0.1, 0.15) is 0 Å². The van der Waals surface area contributed by atoms with Crippen LogP contribution in [0.5, 0.6) is 0 Å². The minimum absolute atomic E-state index is 0.104. The molecule has 110 valence electrons. The number of carboxylic acid groups (broad SMARTS) is 1. The maximum absolute atomic E-state index is 12.0. The zero-order valence-corrected chi connectivity index (χ0v) is 12.0. The van der Waals surface area contributed by atoms with Crippen LogP contribution in [0.4, 0.5) is 4.79 Å². The van der Waals surface area contributed by atoms with Gasteiger partial charge in [-0.3, -0.25) is 9.78 Å². The lowest BCUT2D eigenvalue weighted by atomic mass is 10.1. The molecule has 0 bridgehead atoms. The predicted molar refractivity (Wildman–Crippen MR) is 75.2 cm³/mol. The van der Waals surface area contributed by atoms with Crippen LogP contribution >= 0.6 is 0 Å². The molecule has 0 aliphatic rings. The number of aromatic nitrogens is 1. The van der Waals surface area contributed by atoms with E-state index in [0.29, 0.717) is 0 Å². The molecule has 0 saturated heterocycles. The van der Waals surface area contributed by atoms with E-state index in [-0.39, 0.29) is 18.6 Å². The molecule has 6 heteroatoms. The van der Waals surface area contributed by atoms with Gasteiger partial charge in [-0.2, -0.15) is 0 Å². The lowest BCUT2D eigenvalue weighted by Crippen LogP contribution is -2.42. The molecule has 1 aromatic rings. The molecule has 2 atom stereocenters. The first-order valence-electron chi connectivity index (χ1n) is 6.60. The predicted octanol–water partition coefficient (Wildman–Crippen LogP) is 1.89. The SMILES string of the molecule is CCC(NC(=O)N(C)CC(C)C(=O)O)c1ccncc1. The molecule has 0 radical (unpaired) electrons. The molecule has 2 N–H and O–H groups in total. The molecule has 0 aliphatic carbocycles. The van der Waals surface area contributed by atoms with Crippen LogP contribution in [0.25, 0.3) is 0 Å². The number of rotatable bonds is 6. The Morgan fingerprint density at radius 1 is 1.40 bits per heavy atom. The highest BCUT2D eigenvalue weighted by Gasteiger charge is 2.19. The highest BCUT2D eigenvalue weighted by molar-refractivity contribution is 5.76. The van der Waals surface area contributed by atoms with Crippen LogP contribution in [0, 0.1) is 5.92 Å². The summed E-state index contributed by atoms with van der Waals surface area (Å²) in [6.45, 7) is 3.73. The highest BCUT2D eigenvalue weighted by Crippen LogP contribution is 2.15. The fourth-order valence-corrected chi connectivity index (χ4v) is 1.85. The van der Waals surface area contributed by atoms with E-state index < -0.39 is 11.9 Å². The Hall–Kier alpha value is -2.11. The molecule has 0 fully saturated rings. The number of carbonyl (C=O) groups excluding carboxylic acids is 1. The van der Waals surface area contributed by atoms with Gasteiger partial charge in [0, 0.05) is 26.0 Å². The molecule has 1 heterocycles. The van der Waals surface area contributed by atoms with Gasteiger partial charge in [-0.15, -0.1) is 0 Å². The quantitative estimate of drug-likeness (QED) is 0.833. The van der Waals surface area contributed by atoms with Crippen molar-refractivity contribution >= 4 is 12.0 Å². The van der Waals surface area contributed by atoms with E-state index >= 15 is 0 Å². The van der Waals surface area contributed by atoms with Gasteiger partial charge in [-0.25, -0.2) is 4.79 Å². The van der Waals surface area contributed by atoms with Crippen LogP contribution in [0.2, 0.25) is 0 Å². The van der Waals surface area contributed by atoms with E-state index in [1.165, 1.54) is 4.90 Å². The summed E-state index contributed by atoms with van der Waals surface area (Å²) in [5.74, 6) is -1.50. The van der Waals surface area contributed by atoms with Gasteiger partial charge < -0.3 is 15.3 Å². The van der Waals surface area contributed by atoms with Crippen molar-refractivity contribution in [3.8, 4) is 0 Å². The lowest BCUT2D eigenvalue weighted by Gasteiger charge is -2.24. The summed E-state index contributed by atoms with van der Waals surface area (Å²) in [5, 5.41) is 11.7. The lowest BCUT2D eigenvalue weighted by molar-refractivity contribution is -0.141. The van der Waals surface area contributed by atoms with Gasteiger partial charge in [0.05, 0.1) is 12.0 Å². The first-order chi connectivity index (χ1) is 9.45. The number of carboxylic acids is 1. The van der Waals surface area contributed by atoms with Crippen molar-refractivity contribution in [1.82, 2.24) is 15.2 Å². The van der Waals surface area contributed by atoms with Crippen molar-refractivity contribution in [2.75, 3.05) is 13.6 Å². The molecule has 20 heavy (non-hydrogen) atoms. The van der Waals surface area contributed by atoms with E-state index in [4.69, 9.17) is 5.11 Å². The average molecular weight is 279 g/mol. The number of hydrogen-bond donors (Lipinski definition) is 2. The van der Waals surface area contributed by atoms with E-state index in [1.807, 2.05) is 19.1 Å². The first-order valence-corrected chi connectivity index (χ1v) is 6.60. The van der Waals surface area contributed by atoms with Crippen molar-refractivity contribution in [3.05, 3.63) is 30.1 Å². The summed E-state index contributed by atoms with van der Waals surface area (Å²) in [6, 6.07) is 3.33. The number of aliphatic carboxylic acids is 1. The van der Waals surface area contributed by atoms with Crippen molar-refractivity contribution < 1.29 is 14.7 Å². The zero-order chi connectivity index (χ0) is 15.1. The van der Waals surface area contributed by atoms with E-state index in [2.05, 4.69) is 10.3 Å². The van der Waals surface area contributed by atoms with E-state index in [0.717, 1.165) is 12.0 Å². The third-order valence-corrected chi connectivity index (χ3v) is 3.13. The third-order valence-electron chi connectivity index (χ3n) is 3.13. The van der Waals surface area contributed by atoms with Crippen LogP contribution < -0.4 is 5.32 Å². The van der Waals surface area contributed by atoms with Crippen LogP contribution in [0.1, 0.15) is 31.9 Å². The molecule has 2 unspecified atom stereocenters. The Morgan fingerprint density at radius 2 is 2.00 bits per heavy atom. The Kier molecular flexibility index (Phi) is 5.96. The molecule has 0 aromatic carbocycles. The Labute approximate surface area is 118 Å². The van der Waals surface area contributed by atoms with Crippen LogP contribution in [-0.2, 0) is 4.79 Å². The van der Waals surface area contributed by atoms with Crippen LogP contribution in [0.15, 0.2) is 24.5 Å². The standard InChI is InChI=1S/C14H21N3O3/c1-4-12(11-5-7-15-8-6-11)16-14(20)17(3)9-10(2)13(18)19/h5-8,10,12H,4,9H2,1-3H3,(H,16,20)(H,18,19). The third kappa shape index (κ3) is 4.53. The molecule has 6 nitrogen and oxygen atoms in total. The topological polar surface area (TPSA) is 82.5 Å². The van der Waals surface area contributed by atoms with Crippen LogP contribution in [0.3, 0.4) is 0 Å². The molecule has 2 amide bonds. The number of urea groups is 1. The van der Waals surface area contributed by atoms with Gasteiger partial charge in [-0.1, -0.05) is 13.8 Å². The zero-order valence-electron chi connectivity index (χ0n) is 12.0. The molecule has 1 rings (SSSR count). The molecule has 0 aliphatic heterocycles. The minimum Gasteiger partial charge on any atom is -0.481 e. The molecular weight excluding hydrogens is 258 g/mol. The second-order valence-electron chi connectivity index (χ2n) is 4.81. The highest BCUT2D eigenvalue weighted by atomic mass is 16.4. The number of carbonyl (C=O) groups is 2. The second-order valence-corrected chi connectivity index (χ2v) is 4.81. The van der Waals surface area contributed by atoms with Crippen molar-refractivity contribution in [2.24, 2.45) is 5.92 Å². The fourth-order valence-electron chi connectivity index (χ4n) is 1.85. The maximum atomic E-state index is 12.0. The van der Waals surface area contributed by atoms with Crippen molar-refractivity contribution in [3.63, 3.8) is 0 Å². The van der Waals surface area contributed by atoms with Gasteiger partial charge in [0.2, 0.25) is 0 Å². The largest absolute Gasteiger partial charge is 0.481 e. The van der Waals surface area contributed by atoms with Gasteiger partial charge in [0.15, 0.2) is 0 Å². The fraction of sp³-hybridized carbons (Fsp3) is 0.500.